The van der Waals surface area contributed by atoms with Crippen molar-refractivity contribution >= 4 is 0 Å². The van der Waals surface area contributed by atoms with E-state index in [0.29, 0.717) is 16.2 Å². The summed E-state index contributed by atoms with van der Waals surface area (Å²) in [7, 11) is 0. The summed E-state index contributed by atoms with van der Waals surface area (Å²) >= 11 is 0. The molecule has 0 saturated heterocycles. The highest BCUT2D eigenvalue weighted by Crippen LogP contribution is 2.72. The van der Waals surface area contributed by atoms with Gasteiger partial charge in [0.2, 0.25) is 0 Å². The molecule has 0 radical (unpaired) electrons. The number of fused-ring (bicyclic) bond motifs is 3. The second kappa shape index (κ2) is 3.55. The van der Waals surface area contributed by atoms with Crippen molar-refractivity contribution in [2.24, 2.45) is 39.9 Å². The normalized spacial score (nSPS) is 51.3. The molecule has 4 bridgehead atoms. The lowest BCUT2D eigenvalue weighted by molar-refractivity contribution is -0.0184. The Bertz CT molecular complexity index is 492. The topological polar surface area (TPSA) is 0 Å². The summed E-state index contributed by atoms with van der Waals surface area (Å²) in [5.74, 6) is 3.79. The molecule has 3 saturated carbocycles. The molecule has 0 aliphatic heterocycles. The van der Waals surface area contributed by atoms with Crippen LogP contribution in [0.25, 0.3) is 0 Å². The average Bonchev–Trinajstić information content (AvgIpc) is 2.70. The van der Waals surface area contributed by atoms with Gasteiger partial charge in [-0.1, -0.05) is 45.8 Å². The molecule has 0 heteroatoms. The first-order valence-corrected chi connectivity index (χ1v) is 8.89. The Labute approximate surface area is 125 Å². The highest BCUT2D eigenvalue weighted by atomic mass is 14.7. The smallest absolute Gasteiger partial charge is 0.0138 e. The van der Waals surface area contributed by atoms with Crippen molar-refractivity contribution < 1.29 is 0 Å². The first-order chi connectivity index (χ1) is 9.19. The van der Waals surface area contributed by atoms with Crippen LogP contribution in [0.5, 0.6) is 0 Å². The Hall–Kier alpha value is -0.260. The van der Waals surface area contributed by atoms with Crippen molar-refractivity contribution in [3.8, 4) is 0 Å². The molecule has 20 heavy (non-hydrogen) atoms. The lowest BCUT2D eigenvalue weighted by atomic mass is 9.46. The lowest BCUT2D eigenvalue weighted by Gasteiger charge is -2.59. The molecule has 5 aliphatic rings. The first kappa shape index (κ1) is 13.4. The van der Waals surface area contributed by atoms with Gasteiger partial charge < -0.3 is 0 Å². The predicted octanol–water partition coefficient (Wildman–Crippen LogP) is 5.83. The van der Waals surface area contributed by atoms with Crippen LogP contribution in [0.2, 0.25) is 0 Å². The zero-order valence-corrected chi connectivity index (χ0v) is 14.3. The van der Waals surface area contributed by atoms with Gasteiger partial charge in [-0.3, -0.25) is 0 Å². The van der Waals surface area contributed by atoms with Gasteiger partial charge in [0.25, 0.3) is 0 Å². The van der Waals surface area contributed by atoms with Crippen molar-refractivity contribution in [1.29, 1.82) is 0 Å². The molecule has 5 aliphatic carbocycles. The first-order valence-electron chi connectivity index (χ1n) is 8.89. The molecule has 0 aromatic carbocycles. The van der Waals surface area contributed by atoms with Gasteiger partial charge in [0.15, 0.2) is 0 Å². The summed E-state index contributed by atoms with van der Waals surface area (Å²) in [5, 5.41) is 0. The van der Waals surface area contributed by atoms with Crippen LogP contribution < -0.4 is 0 Å². The summed E-state index contributed by atoms with van der Waals surface area (Å²) in [5.41, 5.74) is 5.49. The van der Waals surface area contributed by atoms with E-state index in [1.54, 1.807) is 0 Å². The van der Waals surface area contributed by atoms with E-state index < -0.39 is 0 Å². The molecule has 0 spiro atoms. The number of allylic oxidation sites excluding steroid dienone is 2. The van der Waals surface area contributed by atoms with E-state index in [-0.39, 0.29) is 0 Å². The SMILES string of the molecule is CC1=C(C2CC3CCC2(C)C3(C)C)CC2CC1C2(C)C. The molecular weight excluding hydrogens is 240 g/mol. The minimum absolute atomic E-state index is 0.572. The molecule has 0 aromatic heterocycles. The minimum atomic E-state index is 0.572. The van der Waals surface area contributed by atoms with Crippen molar-refractivity contribution in [1.82, 2.24) is 0 Å². The van der Waals surface area contributed by atoms with Gasteiger partial charge in [-0.15, -0.1) is 0 Å². The van der Waals surface area contributed by atoms with Gasteiger partial charge in [-0.2, -0.15) is 0 Å². The van der Waals surface area contributed by atoms with Crippen LogP contribution in [0.1, 0.15) is 73.6 Å². The Morgan fingerprint density at radius 2 is 1.55 bits per heavy atom. The molecule has 0 aromatic rings. The van der Waals surface area contributed by atoms with E-state index in [9.17, 15) is 0 Å². The molecule has 0 nitrogen and oxygen atoms in total. The molecule has 112 valence electrons. The zero-order chi connectivity index (χ0) is 14.5. The Morgan fingerprint density at radius 1 is 0.900 bits per heavy atom. The van der Waals surface area contributed by atoms with E-state index in [1.165, 1.54) is 32.1 Å². The Kier molecular flexibility index (Phi) is 2.38. The third kappa shape index (κ3) is 1.26. The second-order valence-electron chi connectivity index (χ2n) is 9.88. The molecule has 5 unspecified atom stereocenters. The number of hydrogen-bond donors (Lipinski definition) is 0. The van der Waals surface area contributed by atoms with Gasteiger partial charge in [0.1, 0.15) is 0 Å². The van der Waals surface area contributed by atoms with Gasteiger partial charge >= 0.3 is 0 Å². The number of rotatable bonds is 1. The standard InChI is InChI=1S/C20H32/c1-12-15(9-14-11-16(12)18(14,2)3)17-10-13-7-8-20(17,6)19(13,4)5/h13-14,16-17H,7-11H2,1-6H3. The molecule has 0 N–H and O–H groups in total. The molecule has 5 atom stereocenters. The van der Waals surface area contributed by atoms with Crippen LogP contribution in [0.15, 0.2) is 11.1 Å². The Balaban J connectivity index is 1.73. The van der Waals surface area contributed by atoms with E-state index in [0.717, 1.165) is 23.7 Å². The highest BCUT2D eigenvalue weighted by molar-refractivity contribution is 5.34. The maximum absolute atomic E-state index is 2.62. The summed E-state index contributed by atoms with van der Waals surface area (Å²) in [6.45, 7) is 15.3. The van der Waals surface area contributed by atoms with Crippen molar-refractivity contribution in [2.45, 2.75) is 73.6 Å². The van der Waals surface area contributed by atoms with Gasteiger partial charge in [-0.25, -0.2) is 0 Å². The van der Waals surface area contributed by atoms with Crippen molar-refractivity contribution in [2.75, 3.05) is 0 Å². The third-order valence-electron chi connectivity index (χ3n) is 9.18. The van der Waals surface area contributed by atoms with Crippen LogP contribution in [-0.2, 0) is 0 Å². The maximum Gasteiger partial charge on any atom is -0.0138 e. The summed E-state index contributed by atoms with van der Waals surface area (Å²) in [6, 6.07) is 0. The van der Waals surface area contributed by atoms with Crippen LogP contribution in [0.3, 0.4) is 0 Å². The van der Waals surface area contributed by atoms with E-state index in [1.807, 2.05) is 11.1 Å². The molecule has 0 heterocycles. The van der Waals surface area contributed by atoms with Crippen LogP contribution >= 0.6 is 0 Å². The zero-order valence-electron chi connectivity index (χ0n) is 14.3. The molecular formula is C20H32. The van der Waals surface area contributed by atoms with Crippen molar-refractivity contribution in [3.05, 3.63) is 11.1 Å². The lowest BCUT2D eigenvalue weighted by Crippen LogP contribution is -2.50. The van der Waals surface area contributed by atoms with Gasteiger partial charge in [0, 0.05) is 0 Å². The maximum atomic E-state index is 2.62. The largest absolute Gasteiger partial charge is 0.0701 e. The second-order valence-corrected chi connectivity index (χ2v) is 9.88. The van der Waals surface area contributed by atoms with Gasteiger partial charge in [-0.05, 0) is 78.9 Å². The van der Waals surface area contributed by atoms with Crippen molar-refractivity contribution in [3.63, 3.8) is 0 Å². The highest BCUT2D eigenvalue weighted by Gasteiger charge is 2.63. The third-order valence-corrected chi connectivity index (χ3v) is 9.18. The van der Waals surface area contributed by atoms with E-state index in [4.69, 9.17) is 0 Å². The summed E-state index contributed by atoms with van der Waals surface area (Å²) in [6.07, 6.45) is 7.38. The monoisotopic (exact) mass is 272 g/mol. The van der Waals surface area contributed by atoms with Crippen LogP contribution in [0.4, 0.5) is 0 Å². The predicted molar refractivity (Wildman–Crippen MR) is 85.4 cm³/mol. The molecule has 3 fully saturated rings. The average molecular weight is 272 g/mol. The fraction of sp³-hybridized carbons (Fsp3) is 0.900. The van der Waals surface area contributed by atoms with Crippen LogP contribution in [-0.4, -0.2) is 0 Å². The van der Waals surface area contributed by atoms with Gasteiger partial charge in [0.05, 0.1) is 0 Å². The number of hydrogen-bond acceptors (Lipinski definition) is 0. The molecule has 0 amide bonds. The summed E-state index contributed by atoms with van der Waals surface area (Å²) < 4.78 is 0. The quantitative estimate of drug-likeness (QED) is 0.527. The minimum Gasteiger partial charge on any atom is -0.0701 e. The van der Waals surface area contributed by atoms with E-state index >= 15 is 0 Å². The summed E-state index contributed by atoms with van der Waals surface area (Å²) in [4.78, 5) is 0. The Morgan fingerprint density at radius 3 is 2.00 bits per heavy atom. The fourth-order valence-electron chi connectivity index (χ4n) is 6.90. The van der Waals surface area contributed by atoms with Crippen LogP contribution in [0, 0.1) is 39.9 Å². The van der Waals surface area contributed by atoms with E-state index in [2.05, 4.69) is 41.5 Å². The fourth-order valence-corrected chi connectivity index (χ4v) is 6.90. The molecule has 5 rings (SSSR count).